The van der Waals surface area contributed by atoms with Crippen molar-refractivity contribution >= 4 is 37.6 Å². The highest BCUT2D eigenvalue weighted by Gasteiger charge is 2.16. The monoisotopic (exact) mass is 412 g/mol. The third kappa shape index (κ3) is 3.86. The zero-order valence-electron chi connectivity index (χ0n) is 11.7. The highest BCUT2D eigenvalue weighted by molar-refractivity contribution is 9.10. The van der Waals surface area contributed by atoms with Crippen LogP contribution in [-0.2, 0) is 6.42 Å². The van der Waals surface area contributed by atoms with Crippen LogP contribution >= 0.6 is 31.9 Å². The fraction of sp³-hybridized carbons (Fsp3) is 0.188. The first-order chi connectivity index (χ1) is 10.0. The molecule has 0 aliphatic rings. The van der Waals surface area contributed by atoms with Gasteiger partial charge in [0, 0.05) is 20.9 Å². The third-order valence-electron chi connectivity index (χ3n) is 3.03. The van der Waals surface area contributed by atoms with Gasteiger partial charge in [-0.05, 0) is 45.8 Å². The van der Waals surface area contributed by atoms with Crippen LogP contribution in [0.4, 0.5) is 0 Å². The van der Waals surface area contributed by atoms with E-state index in [1.165, 1.54) is 0 Å². The smallest absolute Gasteiger partial charge is 0.168 e. The van der Waals surface area contributed by atoms with E-state index in [1.807, 2.05) is 24.3 Å². The summed E-state index contributed by atoms with van der Waals surface area (Å²) in [5, 5.41) is 0. The summed E-state index contributed by atoms with van der Waals surface area (Å²) in [6.45, 7) is 0. The van der Waals surface area contributed by atoms with Crippen molar-refractivity contribution in [1.29, 1.82) is 0 Å². The minimum Gasteiger partial charge on any atom is -0.493 e. The summed E-state index contributed by atoms with van der Waals surface area (Å²) in [5.74, 6) is 1.14. The van der Waals surface area contributed by atoms with Crippen molar-refractivity contribution in [1.82, 2.24) is 0 Å². The SMILES string of the molecule is COc1cc(Br)c(C(=O)Cc2cccc(Br)c2)cc1OC. The van der Waals surface area contributed by atoms with Crippen molar-refractivity contribution in [2.24, 2.45) is 0 Å². The summed E-state index contributed by atoms with van der Waals surface area (Å²) in [6.07, 6.45) is 0.327. The van der Waals surface area contributed by atoms with Gasteiger partial charge in [-0.2, -0.15) is 0 Å². The highest BCUT2D eigenvalue weighted by Crippen LogP contribution is 2.33. The zero-order chi connectivity index (χ0) is 15.4. The van der Waals surface area contributed by atoms with E-state index in [2.05, 4.69) is 31.9 Å². The van der Waals surface area contributed by atoms with Gasteiger partial charge in [-0.15, -0.1) is 0 Å². The molecule has 2 rings (SSSR count). The molecule has 0 amide bonds. The quantitative estimate of drug-likeness (QED) is 0.669. The minimum atomic E-state index is 0.0147. The van der Waals surface area contributed by atoms with E-state index in [0.717, 1.165) is 10.0 Å². The topological polar surface area (TPSA) is 35.5 Å². The van der Waals surface area contributed by atoms with Gasteiger partial charge in [0.15, 0.2) is 17.3 Å². The van der Waals surface area contributed by atoms with Crippen LogP contribution < -0.4 is 9.47 Å². The van der Waals surface area contributed by atoms with Crippen LogP contribution in [0.2, 0.25) is 0 Å². The van der Waals surface area contributed by atoms with Gasteiger partial charge < -0.3 is 9.47 Å². The largest absolute Gasteiger partial charge is 0.493 e. The summed E-state index contributed by atoms with van der Waals surface area (Å²) >= 11 is 6.82. The maximum absolute atomic E-state index is 12.5. The lowest BCUT2D eigenvalue weighted by atomic mass is 10.0. The summed E-state index contributed by atoms with van der Waals surface area (Å²) in [7, 11) is 3.11. The first-order valence-corrected chi connectivity index (χ1v) is 7.83. The molecule has 0 spiro atoms. The Morgan fingerprint density at radius 2 is 1.71 bits per heavy atom. The number of rotatable bonds is 5. The second-order valence-electron chi connectivity index (χ2n) is 4.42. The van der Waals surface area contributed by atoms with Crippen molar-refractivity contribution in [3.05, 3.63) is 56.5 Å². The third-order valence-corrected chi connectivity index (χ3v) is 4.18. The molecule has 0 aromatic heterocycles. The van der Waals surface area contributed by atoms with Gasteiger partial charge in [0.2, 0.25) is 0 Å². The van der Waals surface area contributed by atoms with Crippen molar-refractivity contribution in [3.63, 3.8) is 0 Å². The number of Topliss-reactive ketones (excluding diaryl/α,β-unsaturated/α-hetero) is 1. The molecular weight excluding hydrogens is 400 g/mol. The Labute approximate surface area is 140 Å². The van der Waals surface area contributed by atoms with Gasteiger partial charge in [0.05, 0.1) is 14.2 Å². The number of halogens is 2. The van der Waals surface area contributed by atoms with Crippen molar-refractivity contribution in [2.45, 2.75) is 6.42 Å². The van der Waals surface area contributed by atoms with Crippen molar-refractivity contribution < 1.29 is 14.3 Å². The number of ether oxygens (including phenoxy) is 2. The molecule has 0 radical (unpaired) electrons. The molecule has 0 saturated carbocycles. The molecule has 5 heteroatoms. The number of hydrogen-bond acceptors (Lipinski definition) is 3. The lowest BCUT2D eigenvalue weighted by molar-refractivity contribution is 0.0992. The average molecular weight is 414 g/mol. The van der Waals surface area contributed by atoms with Crippen LogP contribution in [0.3, 0.4) is 0 Å². The second kappa shape index (κ2) is 7.09. The number of carbonyl (C=O) groups is 1. The Kier molecular flexibility index (Phi) is 5.42. The fourth-order valence-electron chi connectivity index (χ4n) is 2.00. The Morgan fingerprint density at radius 1 is 1.05 bits per heavy atom. The minimum absolute atomic E-state index is 0.0147. The highest BCUT2D eigenvalue weighted by atomic mass is 79.9. The first kappa shape index (κ1) is 16.0. The Hall–Kier alpha value is -1.33. The van der Waals surface area contributed by atoms with Crippen LogP contribution in [0.1, 0.15) is 15.9 Å². The second-order valence-corrected chi connectivity index (χ2v) is 6.19. The molecule has 0 atom stereocenters. The van der Waals surface area contributed by atoms with Gasteiger partial charge in [0.25, 0.3) is 0 Å². The molecule has 3 nitrogen and oxygen atoms in total. The molecular formula is C16H14Br2O3. The lowest BCUT2D eigenvalue weighted by Crippen LogP contribution is -2.05. The molecule has 0 N–H and O–H groups in total. The molecule has 0 saturated heterocycles. The first-order valence-electron chi connectivity index (χ1n) is 6.24. The maximum Gasteiger partial charge on any atom is 0.168 e. The van der Waals surface area contributed by atoms with Crippen LogP contribution in [0, 0.1) is 0 Å². The number of carbonyl (C=O) groups excluding carboxylic acids is 1. The molecule has 0 heterocycles. The molecule has 0 unspecified atom stereocenters. The van der Waals surface area contributed by atoms with Crippen LogP contribution in [0.25, 0.3) is 0 Å². The lowest BCUT2D eigenvalue weighted by Gasteiger charge is -2.11. The number of methoxy groups -OCH3 is 2. The Morgan fingerprint density at radius 3 is 2.33 bits per heavy atom. The average Bonchev–Trinajstić information content (AvgIpc) is 2.46. The van der Waals surface area contributed by atoms with E-state index in [-0.39, 0.29) is 5.78 Å². The van der Waals surface area contributed by atoms with Crippen molar-refractivity contribution in [2.75, 3.05) is 14.2 Å². The summed E-state index contributed by atoms with van der Waals surface area (Å²) in [5.41, 5.74) is 1.53. The molecule has 0 fully saturated rings. The molecule has 2 aromatic rings. The molecule has 0 aliphatic carbocycles. The molecule has 110 valence electrons. The normalized spacial score (nSPS) is 10.3. The predicted molar refractivity (Wildman–Crippen MR) is 89.4 cm³/mol. The standard InChI is InChI=1S/C16H14Br2O3/c1-20-15-8-12(13(18)9-16(15)21-2)14(19)7-10-4-3-5-11(17)6-10/h3-6,8-9H,7H2,1-2H3. The van der Waals surface area contributed by atoms with E-state index in [1.54, 1.807) is 26.4 Å². The summed E-state index contributed by atoms with van der Waals surface area (Å²) < 4.78 is 12.1. The number of benzene rings is 2. The molecule has 21 heavy (non-hydrogen) atoms. The van der Waals surface area contributed by atoms with Crippen LogP contribution in [0.15, 0.2) is 45.3 Å². The van der Waals surface area contributed by atoms with E-state index in [4.69, 9.17) is 9.47 Å². The van der Waals surface area contributed by atoms with E-state index in [0.29, 0.717) is 28.0 Å². The Bertz CT molecular complexity index is 669. The maximum atomic E-state index is 12.5. The van der Waals surface area contributed by atoms with Crippen LogP contribution in [0.5, 0.6) is 11.5 Å². The van der Waals surface area contributed by atoms with Gasteiger partial charge in [0.1, 0.15) is 0 Å². The Balaban J connectivity index is 2.31. The number of ketones is 1. The predicted octanol–water partition coefficient (Wildman–Crippen LogP) is 4.65. The summed E-state index contributed by atoms with van der Waals surface area (Å²) in [4.78, 5) is 12.5. The van der Waals surface area contributed by atoms with E-state index >= 15 is 0 Å². The van der Waals surface area contributed by atoms with E-state index < -0.39 is 0 Å². The fourth-order valence-corrected chi connectivity index (χ4v) is 2.99. The van der Waals surface area contributed by atoms with E-state index in [9.17, 15) is 4.79 Å². The van der Waals surface area contributed by atoms with Gasteiger partial charge in [-0.25, -0.2) is 0 Å². The van der Waals surface area contributed by atoms with Gasteiger partial charge in [-0.1, -0.05) is 28.1 Å². The van der Waals surface area contributed by atoms with Gasteiger partial charge in [-0.3, -0.25) is 4.79 Å². The molecule has 2 aromatic carbocycles. The number of hydrogen-bond donors (Lipinski definition) is 0. The zero-order valence-corrected chi connectivity index (χ0v) is 14.8. The van der Waals surface area contributed by atoms with Crippen molar-refractivity contribution in [3.8, 4) is 11.5 Å². The molecule has 0 bridgehead atoms. The van der Waals surface area contributed by atoms with Crippen LogP contribution in [-0.4, -0.2) is 20.0 Å². The summed E-state index contributed by atoms with van der Waals surface area (Å²) in [6, 6.07) is 11.1. The molecule has 0 aliphatic heterocycles. The van der Waals surface area contributed by atoms with Gasteiger partial charge >= 0.3 is 0 Å².